The number of rotatable bonds is 4. The molecule has 2 atom stereocenters. The molecule has 1 saturated carbocycles. The first-order valence-electron chi connectivity index (χ1n) is 7.93. The first-order valence-corrected chi connectivity index (χ1v) is 9.37. The average Bonchev–Trinajstić information content (AvgIpc) is 2.61. The van der Waals surface area contributed by atoms with Gasteiger partial charge in [-0.3, -0.25) is 0 Å². The van der Waals surface area contributed by atoms with Crippen molar-refractivity contribution in [2.45, 2.75) is 70.2 Å². The molecule has 0 aromatic rings. The van der Waals surface area contributed by atoms with Crippen LogP contribution in [0.5, 0.6) is 0 Å². The monoisotopic (exact) mass is 320 g/mol. The van der Waals surface area contributed by atoms with Gasteiger partial charge in [0.1, 0.15) is 0 Å². The highest BCUT2D eigenvalue weighted by Crippen LogP contribution is 2.26. The first-order chi connectivity index (χ1) is 9.81. The number of aliphatic hydroxyl groups is 1. The Morgan fingerprint density at radius 1 is 1.14 bits per heavy atom. The van der Waals surface area contributed by atoms with E-state index in [9.17, 15) is 13.5 Å². The predicted molar refractivity (Wildman–Crippen MR) is 81.2 cm³/mol. The van der Waals surface area contributed by atoms with E-state index in [0.29, 0.717) is 25.9 Å². The van der Waals surface area contributed by atoms with Crippen molar-refractivity contribution in [1.29, 1.82) is 0 Å². The third-order valence-electron chi connectivity index (χ3n) is 4.34. The molecule has 2 N–H and O–H groups in total. The molecule has 2 rings (SSSR count). The predicted octanol–water partition coefficient (Wildman–Crippen LogP) is 1.02. The highest BCUT2D eigenvalue weighted by atomic mass is 32.2. The Hall–Kier alpha value is -0.210. The molecule has 124 valence electrons. The summed E-state index contributed by atoms with van der Waals surface area (Å²) in [5.41, 5.74) is -0.896. The van der Waals surface area contributed by atoms with Crippen molar-refractivity contribution >= 4 is 10.2 Å². The first kappa shape index (κ1) is 17.1. The summed E-state index contributed by atoms with van der Waals surface area (Å²) in [6.45, 7) is 4.57. The molecule has 0 amide bonds. The van der Waals surface area contributed by atoms with E-state index in [4.69, 9.17) is 4.74 Å². The van der Waals surface area contributed by atoms with Gasteiger partial charge in [0.05, 0.1) is 17.8 Å². The second kappa shape index (κ2) is 6.91. The Bertz CT molecular complexity index is 422. The Kier molecular flexibility index (Phi) is 5.65. The minimum absolute atomic E-state index is 0.105. The van der Waals surface area contributed by atoms with E-state index in [1.165, 1.54) is 4.31 Å². The lowest BCUT2D eigenvalue weighted by molar-refractivity contribution is -0.0446. The van der Waals surface area contributed by atoms with Crippen LogP contribution < -0.4 is 4.72 Å². The molecule has 1 heterocycles. The number of ether oxygens (including phenoxy) is 1. The number of morpholine rings is 1. The van der Waals surface area contributed by atoms with Gasteiger partial charge >= 0.3 is 0 Å². The van der Waals surface area contributed by atoms with Gasteiger partial charge in [0.25, 0.3) is 10.2 Å². The van der Waals surface area contributed by atoms with E-state index in [2.05, 4.69) is 4.72 Å². The molecule has 1 saturated heterocycles. The number of hydrogen-bond donors (Lipinski definition) is 2. The number of hydrogen-bond acceptors (Lipinski definition) is 4. The van der Waals surface area contributed by atoms with Crippen molar-refractivity contribution < 1.29 is 18.3 Å². The number of nitrogens with one attached hydrogen (secondary N) is 1. The average molecular weight is 320 g/mol. The molecule has 1 aliphatic heterocycles. The van der Waals surface area contributed by atoms with Crippen molar-refractivity contribution in [3.63, 3.8) is 0 Å². The fraction of sp³-hybridized carbons (Fsp3) is 1.00. The molecule has 0 radical (unpaired) electrons. The number of nitrogens with zero attached hydrogens (tertiary/aromatic N) is 1. The summed E-state index contributed by atoms with van der Waals surface area (Å²) in [4.78, 5) is 0. The van der Waals surface area contributed by atoms with Crippen LogP contribution in [0.2, 0.25) is 0 Å². The molecule has 0 spiro atoms. The maximum absolute atomic E-state index is 12.4. The Balaban J connectivity index is 1.94. The molecule has 0 unspecified atom stereocenters. The van der Waals surface area contributed by atoms with Crippen LogP contribution in [0.25, 0.3) is 0 Å². The third-order valence-corrected chi connectivity index (χ3v) is 5.83. The highest BCUT2D eigenvalue weighted by Gasteiger charge is 2.34. The van der Waals surface area contributed by atoms with Crippen LogP contribution in [0, 0.1) is 0 Å². The zero-order chi connectivity index (χ0) is 15.5. The molecule has 7 heteroatoms. The summed E-state index contributed by atoms with van der Waals surface area (Å²) < 4.78 is 34.4. The van der Waals surface area contributed by atoms with Gasteiger partial charge in [-0.05, 0) is 26.7 Å². The molecule has 0 aromatic heterocycles. The minimum atomic E-state index is -3.56. The fourth-order valence-electron chi connectivity index (χ4n) is 3.21. The van der Waals surface area contributed by atoms with Gasteiger partial charge in [0, 0.05) is 19.6 Å². The van der Waals surface area contributed by atoms with Gasteiger partial charge in [0.2, 0.25) is 0 Å². The van der Waals surface area contributed by atoms with Crippen LogP contribution in [0.3, 0.4) is 0 Å². The summed E-state index contributed by atoms with van der Waals surface area (Å²) in [6.07, 6.45) is 5.30. The fourth-order valence-corrected chi connectivity index (χ4v) is 4.65. The molecule has 2 aliphatic rings. The van der Waals surface area contributed by atoms with Gasteiger partial charge in [-0.1, -0.05) is 25.7 Å². The molecule has 6 nitrogen and oxygen atoms in total. The van der Waals surface area contributed by atoms with E-state index < -0.39 is 15.8 Å². The SMILES string of the molecule is C[C@@H]1CN(S(=O)(=O)NCC2(O)CCCCCC2)C[C@@H](C)O1. The normalized spacial score (nSPS) is 31.8. The zero-order valence-electron chi connectivity index (χ0n) is 13.0. The van der Waals surface area contributed by atoms with E-state index in [1.807, 2.05) is 13.8 Å². The lowest BCUT2D eigenvalue weighted by Gasteiger charge is -2.35. The van der Waals surface area contributed by atoms with Crippen molar-refractivity contribution in [2.75, 3.05) is 19.6 Å². The standard InChI is InChI=1S/C14H28N2O4S/c1-12-9-16(10-13(2)20-12)21(18,19)15-11-14(17)7-5-3-4-6-8-14/h12-13,15,17H,3-11H2,1-2H3/t12-,13-/m1/s1. The summed E-state index contributed by atoms with van der Waals surface area (Å²) in [5.74, 6) is 0. The molecule has 2 fully saturated rings. The second-order valence-electron chi connectivity index (χ2n) is 6.54. The quantitative estimate of drug-likeness (QED) is 0.758. The highest BCUT2D eigenvalue weighted by molar-refractivity contribution is 7.87. The lowest BCUT2D eigenvalue weighted by Crippen LogP contribution is -2.54. The van der Waals surface area contributed by atoms with Crippen molar-refractivity contribution in [3.05, 3.63) is 0 Å². The molecule has 0 bridgehead atoms. The van der Waals surface area contributed by atoms with Crippen molar-refractivity contribution in [1.82, 2.24) is 9.03 Å². The van der Waals surface area contributed by atoms with E-state index in [0.717, 1.165) is 25.7 Å². The van der Waals surface area contributed by atoms with Crippen LogP contribution in [0.1, 0.15) is 52.4 Å². The van der Waals surface area contributed by atoms with E-state index >= 15 is 0 Å². The minimum Gasteiger partial charge on any atom is -0.389 e. The largest absolute Gasteiger partial charge is 0.389 e. The molecular weight excluding hydrogens is 292 g/mol. The van der Waals surface area contributed by atoms with Crippen LogP contribution in [-0.2, 0) is 14.9 Å². The maximum Gasteiger partial charge on any atom is 0.279 e. The van der Waals surface area contributed by atoms with Crippen LogP contribution in [0.4, 0.5) is 0 Å². The second-order valence-corrected chi connectivity index (χ2v) is 8.29. The summed E-state index contributed by atoms with van der Waals surface area (Å²) in [7, 11) is -3.56. The molecule has 1 aliphatic carbocycles. The van der Waals surface area contributed by atoms with Crippen LogP contribution >= 0.6 is 0 Å². The molecule has 0 aromatic carbocycles. The maximum atomic E-state index is 12.4. The molecular formula is C14H28N2O4S. The van der Waals surface area contributed by atoms with Crippen molar-refractivity contribution in [3.8, 4) is 0 Å². The Morgan fingerprint density at radius 2 is 1.67 bits per heavy atom. The van der Waals surface area contributed by atoms with Gasteiger partial charge in [-0.2, -0.15) is 17.4 Å². The van der Waals surface area contributed by atoms with E-state index in [1.54, 1.807) is 0 Å². The topological polar surface area (TPSA) is 78.9 Å². The van der Waals surface area contributed by atoms with E-state index in [-0.39, 0.29) is 18.8 Å². The van der Waals surface area contributed by atoms with Gasteiger partial charge in [-0.15, -0.1) is 0 Å². The summed E-state index contributed by atoms with van der Waals surface area (Å²) in [5, 5.41) is 10.5. The summed E-state index contributed by atoms with van der Waals surface area (Å²) in [6, 6.07) is 0. The Morgan fingerprint density at radius 3 is 2.19 bits per heavy atom. The zero-order valence-corrected chi connectivity index (χ0v) is 13.9. The summed E-state index contributed by atoms with van der Waals surface area (Å²) >= 11 is 0. The smallest absolute Gasteiger partial charge is 0.279 e. The van der Waals surface area contributed by atoms with Crippen molar-refractivity contribution in [2.24, 2.45) is 0 Å². The third kappa shape index (κ3) is 4.89. The van der Waals surface area contributed by atoms with Gasteiger partial charge in [-0.25, -0.2) is 0 Å². The van der Waals surface area contributed by atoms with Gasteiger partial charge < -0.3 is 9.84 Å². The Labute approximate surface area is 128 Å². The van der Waals surface area contributed by atoms with Gasteiger partial charge in [0.15, 0.2) is 0 Å². The van der Waals surface area contributed by atoms with Crippen LogP contribution in [0.15, 0.2) is 0 Å². The molecule has 21 heavy (non-hydrogen) atoms. The lowest BCUT2D eigenvalue weighted by atomic mass is 9.95. The van der Waals surface area contributed by atoms with Crippen LogP contribution in [-0.4, -0.2) is 55.3 Å².